The van der Waals surface area contributed by atoms with Gasteiger partial charge >= 0.3 is 0 Å². The number of phenols is 1. The van der Waals surface area contributed by atoms with Crippen LogP contribution in [0.25, 0.3) is 0 Å². The first kappa shape index (κ1) is 14.4. The van der Waals surface area contributed by atoms with Gasteiger partial charge in [0.1, 0.15) is 11.6 Å². The van der Waals surface area contributed by atoms with Crippen LogP contribution in [-0.4, -0.2) is 23.1 Å². The summed E-state index contributed by atoms with van der Waals surface area (Å²) < 4.78 is 28.6. The van der Waals surface area contributed by atoms with Gasteiger partial charge in [-0.05, 0) is 32.4 Å². The molecule has 0 atom stereocenters. The zero-order valence-electron chi connectivity index (χ0n) is 11.6. The number of imidazole rings is 1. The molecule has 2 N–H and O–H groups in total. The minimum Gasteiger partial charge on any atom is -0.505 e. The predicted octanol–water partition coefficient (Wildman–Crippen LogP) is 2.03. The van der Waals surface area contributed by atoms with Crippen LogP contribution in [0.5, 0.6) is 5.75 Å². The average Bonchev–Trinajstić information content (AvgIpc) is 2.77. The molecule has 0 saturated heterocycles. The van der Waals surface area contributed by atoms with Crippen LogP contribution in [0.1, 0.15) is 18.3 Å². The zero-order valence-corrected chi connectivity index (χ0v) is 12.4. The maximum Gasteiger partial charge on any atom is 0.281 e. The van der Waals surface area contributed by atoms with Crippen molar-refractivity contribution in [1.29, 1.82) is 0 Å². The summed E-state index contributed by atoms with van der Waals surface area (Å²) in [7, 11) is -3.81. The number of aromatic hydroxyl groups is 1. The molecular formula is C13H17N3O3S. The van der Waals surface area contributed by atoms with Gasteiger partial charge in [0.2, 0.25) is 0 Å². The Kier molecular flexibility index (Phi) is 3.71. The SMILES string of the molecule is CCn1cc(S(=O)(=O)Nc2cccc(C)c2O)nc1C. The Morgan fingerprint density at radius 2 is 2.05 bits per heavy atom. The van der Waals surface area contributed by atoms with Gasteiger partial charge in [-0.1, -0.05) is 12.1 Å². The molecule has 0 spiro atoms. The molecule has 0 saturated carbocycles. The largest absolute Gasteiger partial charge is 0.505 e. The molecule has 0 aliphatic carbocycles. The van der Waals surface area contributed by atoms with E-state index in [9.17, 15) is 13.5 Å². The highest BCUT2D eigenvalue weighted by atomic mass is 32.2. The third kappa shape index (κ3) is 2.62. The molecule has 0 radical (unpaired) electrons. The molecule has 0 unspecified atom stereocenters. The summed E-state index contributed by atoms with van der Waals surface area (Å²) in [5.41, 5.74) is 0.745. The molecule has 108 valence electrons. The maximum atomic E-state index is 12.2. The summed E-state index contributed by atoms with van der Waals surface area (Å²) in [5, 5.41) is 9.80. The number of aromatic nitrogens is 2. The molecule has 0 aliphatic rings. The highest BCUT2D eigenvalue weighted by Gasteiger charge is 2.20. The van der Waals surface area contributed by atoms with Crippen molar-refractivity contribution >= 4 is 15.7 Å². The van der Waals surface area contributed by atoms with E-state index in [4.69, 9.17) is 0 Å². The second-order valence-electron chi connectivity index (χ2n) is 4.49. The number of para-hydroxylation sites is 1. The van der Waals surface area contributed by atoms with E-state index in [1.165, 1.54) is 12.3 Å². The van der Waals surface area contributed by atoms with E-state index < -0.39 is 10.0 Å². The summed E-state index contributed by atoms with van der Waals surface area (Å²) in [5.74, 6) is 0.545. The van der Waals surface area contributed by atoms with Crippen LogP contribution >= 0.6 is 0 Å². The first-order valence-corrected chi connectivity index (χ1v) is 7.68. The number of nitrogens with zero attached hydrogens (tertiary/aromatic N) is 2. The number of nitrogens with one attached hydrogen (secondary N) is 1. The van der Waals surface area contributed by atoms with Crippen molar-refractivity contribution < 1.29 is 13.5 Å². The molecule has 7 heteroatoms. The summed E-state index contributed by atoms with van der Waals surface area (Å²) >= 11 is 0. The summed E-state index contributed by atoms with van der Waals surface area (Å²) in [6.07, 6.45) is 1.48. The second-order valence-corrected chi connectivity index (χ2v) is 6.12. The molecule has 0 aliphatic heterocycles. The Morgan fingerprint density at radius 3 is 2.65 bits per heavy atom. The number of hydrogen-bond acceptors (Lipinski definition) is 4. The van der Waals surface area contributed by atoms with Gasteiger partial charge in [-0.2, -0.15) is 8.42 Å². The third-order valence-corrected chi connectivity index (χ3v) is 4.29. The molecule has 0 fully saturated rings. The van der Waals surface area contributed by atoms with Gasteiger partial charge in [0.15, 0.2) is 5.03 Å². The van der Waals surface area contributed by atoms with E-state index >= 15 is 0 Å². The fourth-order valence-corrected chi connectivity index (χ4v) is 2.94. The van der Waals surface area contributed by atoms with E-state index in [1.54, 1.807) is 30.5 Å². The van der Waals surface area contributed by atoms with E-state index in [1.807, 2.05) is 6.92 Å². The lowest BCUT2D eigenvalue weighted by Crippen LogP contribution is -2.13. The van der Waals surface area contributed by atoms with Crippen molar-refractivity contribution in [1.82, 2.24) is 9.55 Å². The number of sulfonamides is 1. The standard InChI is InChI=1S/C13H17N3O3S/c1-4-16-8-12(14-10(16)3)20(18,19)15-11-7-5-6-9(2)13(11)17/h5-8,15,17H,4H2,1-3H3. The minimum atomic E-state index is -3.81. The lowest BCUT2D eigenvalue weighted by Gasteiger charge is -2.09. The highest BCUT2D eigenvalue weighted by Crippen LogP contribution is 2.28. The Bertz CT molecular complexity index is 735. The lowest BCUT2D eigenvalue weighted by atomic mass is 10.2. The Morgan fingerprint density at radius 1 is 1.35 bits per heavy atom. The lowest BCUT2D eigenvalue weighted by molar-refractivity contribution is 0.473. The van der Waals surface area contributed by atoms with Crippen LogP contribution in [0.3, 0.4) is 0 Å². The molecule has 20 heavy (non-hydrogen) atoms. The molecule has 1 aromatic heterocycles. The summed E-state index contributed by atoms with van der Waals surface area (Å²) in [6.45, 7) is 5.99. The summed E-state index contributed by atoms with van der Waals surface area (Å²) in [4.78, 5) is 4.03. The van der Waals surface area contributed by atoms with Crippen LogP contribution in [0.2, 0.25) is 0 Å². The van der Waals surface area contributed by atoms with Gasteiger partial charge in [0.05, 0.1) is 5.69 Å². The Hall–Kier alpha value is -2.02. The molecule has 2 rings (SSSR count). The van der Waals surface area contributed by atoms with Gasteiger partial charge in [0, 0.05) is 12.7 Å². The second kappa shape index (κ2) is 5.16. The van der Waals surface area contributed by atoms with Gasteiger partial charge in [0.25, 0.3) is 10.0 Å². The van der Waals surface area contributed by atoms with E-state index in [-0.39, 0.29) is 16.5 Å². The number of benzene rings is 1. The molecule has 6 nitrogen and oxygen atoms in total. The van der Waals surface area contributed by atoms with Gasteiger partial charge in [-0.3, -0.25) is 4.72 Å². The maximum absolute atomic E-state index is 12.2. The van der Waals surface area contributed by atoms with Gasteiger partial charge in [-0.15, -0.1) is 0 Å². The van der Waals surface area contributed by atoms with Crippen molar-refractivity contribution in [3.8, 4) is 5.75 Å². The minimum absolute atomic E-state index is 0.0576. The quantitative estimate of drug-likeness (QED) is 0.845. The van der Waals surface area contributed by atoms with Crippen molar-refractivity contribution in [2.24, 2.45) is 0 Å². The van der Waals surface area contributed by atoms with Crippen LogP contribution in [0, 0.1) is 13.8 Å². The smallest absolute Gasteiger partial charge is 0.281 e. The first-order valence-electron chi connectivity index (χ1n) is 6.20. The summed E-state index contributed by atoms with van der Waals surface area (Å²) in [6, 6.07) is 4.87. The molecular weight excluding hydrogens is 278 g/mol. The van der Waals surface area contributed by atoms with E-state index in [0.717, 1.165) is 0 Å². The van der Waals surface area contributed by atoms with Gasteiger partial charge in [-0.25, -0.2) is 4.98 Å². The fraction of sp³-hybridized carbons (Fsp3) is 0.308. The molecule has 2 aromatic rings. The normalized spacial score (nSPS) is 11.6. The average molecular weight is 295 g/mol. The number of aryl methyl sites for hydroxylation is 3. The van der Waals surface area contributed by atoms with E-state index in [2.05, 4.69) is 9.71 Å². The first-order chi connectivity index (χ1) is 9.35. The number of phenolic OH excluding ortho intramolecular Hbond substituents is 1. The highest BCUT2D eigenvalue weighted by molar-refractivity contribution is 7.92. The predicted molar refractivity (Wildman–Crippen MR) is 76.3 cm³/mol. The Balaban J connectivity index is 2.38. The fourth-order valence-electron chi connectivity index (χ4n) is 1.87. The number of hydrogen-bond donors (Lipinski definition) is 2. The van der Waals surface area contributed by atoms with Crippen molar-refractivity contribution in [2.45, 2.75) is 32.3 Å². The van der Waals surface area contributed by atoms with Crippen molar-refractivity contribution in [3.05, 3.63) is 35.8 Å². The number of rotatable bonds is 4. The molecule has 1 heterocycles. The van der Waals surface area contributed by atoms with E-state index in [0.29, 0.717) is 17.9 Å². The van der Waals surface area contributed by atoms with Crippen molar-refractivity contribution in [2.75, 3.05) is 4.72 Å². The Labute approximate surface area is 118 Å². The van der Waals surface area contributed by atoms with Crippen LogP contribution < -0.4 is 4.72 Å². The third-order valence-electron chi connectivity index (χ3n) is 3.05. The van der Waals surface area contributed by atoms with Gasteiger partial charge < -0.3 is 9.67 Å². The molecule has 1 aromatic carbocycles. The van der Waals surface area contributed by atoms with Crippen LogP contribution in [0.4, 0.5) is 5.69 Å². The van der Waals surface area contributed by atoms with Crippen molar-refractivity contribution in [3.63, 3.8) is 0 Å². The van der Waals surface area contributed by atoms with Crippen LogP contribution in [-0.2, 0) is 16.6 Å². The topological polar surface area (TPSA) is 84.2 Å². The number of anilines is 1. The molecule has 0 amide bonds. The monoisotopic (exact) mass is 295 g/mol. The van der Waals surface area contributed by atoms with Crippen LogP contribution in [0.15, 0.2) is 29.4 Å². The zero-order chi connectivity index (χ0) is 14.9. The molecule has 0 bridgehead atoms.